The number of carbonyl (C=O) groups is 1. The zero-order valence-corrected chi connectivity index (χ0v) is 16.4. The quantitative estimate of drug-likeness (QED) is 0.592. The van der Waals surface area contributed by atoms with Crippen LogP contribution in [0.2, 0.25) is 0 Å². The first-order chi connectivity index (χ1) is 13.0. The van der Waals surface area contributed by atoms with Gasteiger partial charge in [-0.3, -0.25) is 4.79 Å². The molecule has 2 aliphatic carbocycles. The Bertz CT molecular complexity index is 698. The smallest absolute Gasteiger partial charge is 0.227 e. The second-order valence-electron chi connectivity index (χ2n) is 7.75. The third-order valence-electron chi connectivity index (χ3n) is 5.76. The summed E-state index contributed by atoms with van der Waals surface area (Å²) in [7, 11) is 2.01. The van der Waals surface area contributed by atoms with E-state index in [0.29, 0.717) is 19.1 Å². The number of aliphatic imine (C=N–C) groups is 1. The fourth-order valence-corrected chi connectivity index (χ4v) is 4.04. The van der Waals surface area contributed by atoms with Gasteiger partial charge < -0.3 is 20.5 Å². The number of aliphatic hydroxyl groups excluding tert-OH is 1. The minimum absolute atomic E-state index is 0.415. The van der Waals surface area contributed by atoms with Gasteiger partial charge in [0.2, 0.25) is 5.91 Å². The number of likely N-dealkylation sites (N-methyl/N-ethyl adjacent to an activating group) is 1. The number of hydrogen-bond donors (Lipinski definition) is 2. The van der Waals surface area contributed by atoms with E-state index in [1.54, 1.807) is 0 Å². The summed E-state index contributed by atoms with van der Waals surface area (Å²) < 4.78 is 5.99. The summed E-state index contributed by atoms with van der Waals surface area (Å²) in [6.45, 7) is 3.46. The second kappa shape index (κ2) is 8.85. The molecule has 27 heavy (non-hydrogen) atoms. The number of aliphatic hydroxyl groups is 1. The third-order valence-corrected chi connectivity index (χ3v) is 5.76. The third kappa shape index (κ3) is 4.87. The highest BCUT2D eigenvalue weighted by molar-refractivity contribution is 5.85. The standard InChI is InChI=1S/C21H31N3O3/c1-14(24(2)10-11-27-17-6-4-3-5-7-17)23-16-9-8-15-12-19(25)20(21(22)26)18(15)13-16/h8-9,13,17,19-20,25H,3-7,10-12H2,1-2H3,(H2,22,26). The summed E-state index contributed by atoms with van der Waals surface area (Å²) in [6.07, 6.45) is 6.39. The highest BCUT2D eigenvalue weighted by Crippen LogP contribution is 2.35. The maximum absolute atomic E-state index is 11.7. The Hall–Kier alpha value is -1.92. The van der Waals surface area contributed by atoms with Gasteiger partial charge in [-0.25, -0.2) is 4.99 Å². The maximum atomic E-state index is 11.7. The molecular weight excluding hydrogens is 342 g/mol. The van der Waals surface area contributed by atoms with E-state index in [1.165, 1.54) is 32.1 Å². The van der Waals surface area contributed by atoms with Crippen LogP contribution in [-0.4, -0.2) is 54.2 Å². The molecule has 3 N–H and O–H groups in total. The van der Waals surface area contributed by atoms with Gasteiger partial charge in [-0.05, 0) is 49.4 Å². The summed E-state index contributed by atoms with van der Waals surface area (Å²) in [6, 6.07) is 5.72. The van der Waals surface area contributed by atoms with Crippen molar-refractivity contribution < 1.29 is 14.6 Å². The molecule has 2 unspecified atom stereocenters. The van der Waals surface area contributed by atoms with Crippen LogP contribution in [0.1, 0.15) is 56.1 Å². The lowest BCUT2D eigenvalue weighted by atomic mass is 9.98. The van der Waals surface area contributed by atoms with E-state index in [4.69, 9.17) is 10.5 Å². The van der Waals surface area contributed by atoms with E-state index in [0.717, 1.165) is 29.2 Å². The normalized spacial score (nSPS) is 23.3. The number of nitrogens with two attached hydrogens (primary N) is 1. The van der Waals surface area contributed by atoms with Gasteiger partial charge in [0.15, 0.2) is 0 Å². The number of fused-ring (bicyclic) bond motifs is 1. The van der Waals surface area contributed by atoms with Crippen LogP contribution in [0.5, 0.6) is 0 Å². The van der Waals surface area contributed by atoms with E-state index in [9.17, 15) is 9.90 Å². The first-order valence-electron chi connectivity index (χ1n) is 9.94. The molecule has 1 saturated carbocycles. The highest BCUT2D eigenvalue weighted by atomic mass is 16.5. The first-order valence-corrected chi connectivity index (χ1v) is 9.94. The molecule has 0 radical (unpaired) electrons. The van der Waals surface area contributed by atoms with E-state index in [2.05, 4.69) is 9.89 Å². The van der Waals surface area contributed by atoms with Crippen molar-refractivity contribution in [2.24, 2.45) is 10.7 Å². The SMILES string of the molecule is CC(=Nc1ccc2c(c1)C(C(N)=O)C(O)C2)N(C)CCOC1CCCCC1. The van der Waals surface area contributed by atoms with Gasteiger partial charge in [-0.2, -0.15) is 0 Å². The molecule has 6 nitrogen and oxygen atoms in total. The van der Waals surface area contributed by atoms with Crippen molar-refractivity contribution in [3.8, 4) is 0 Å². The summed E-state index contributed by atoms with van der Waals surface area (Å²) in [5, 5.41) is 10.1. The van der Waals surface area contributed by atoms with Crippen molar-refractivity contribution in [2.45, 2.75) is 63.6 Å². The summed E-state index contributed by atoms with van der Waals surface area (Å²) in [5.74, 6) is -0.246. The van der Waals surface area contributed by atoms with Crippen LogP contribution in [0.4, 0.5) is 5.69 Å². The number of ether oxygens (including phenoxy) is 1. The van der Waals surface area contributed by atoms with Crippen molar-refractivity contribution in [2.75, 3.05) is 20.2 Å². The number of rotatable bonds is 6. The van der Waals surface area contributed by atoms with Gasteiger partial charge in [0.1, 0.15) is 5.84 Å². The van der Waals surface area contributed by atoms with Crippen LogP contribution in [-0.2, 0) is 16.0 Å². The number of amides is 1. The average molecular weight is 373 g/mol. The lowest BCUT2D eigenvalue weighted by molar-refractivity contribution is -0.121. The van der Waals surface area contributed by atoms with E-state index in [-0.39, 0.29) is 0 Å². The molecule has 0 bridgehead atoms. The molecule has 0 saturated heterocycles. The van der Waals surface area contributed by atoms with Crippen LogP contribution in [0.15, 0.2) is 23.2 Å². The molecule has 148 valence electrons. The van der Waals surface area contributed by atoms with Crippen molar-refractivity contribution >= 4 is 17.4 Å². The summed E-state index contributed by atoms with van der Waals surface area (Å²) >= 11 is 0. The molecule has 0 spiro atoms. The topological polar surface area (TPSA) is 88.1 Å². The fourth-order valence-electron chi connectivity index (χ4n) is 4.04. The minimum Gasteiger partial charge on any atom is -0.392 e. The predicted octanol–water partition coefficient (Wildman–Crippen LogP) is 2.50. The zero-order valence-electron chi connectivity index (χ0n) is 16.4. The lowest BCUT2D eigenvalue weighted by Gasteiger charge is -2.24. The molecule has 1 amide bonds. The Morgan fingerprint density at radius 2 is 2.07 bits per heavy atom. The van der Waals surface area contributed by atoms with Gasteiger partial charge in [0.25, 0.3) is 0 Å². The predicted molar refractivity (Wildman–Crippen MR) is 106 cm³/mol. The van der Waals surface area contributed by atoms with Crippen LogP contribution >= 0.6 is 0 Å². The van der Waals surface area contributed by atoms with Gasteiger partial charge in [-0.1, -0.05) is 25.3 Å². The Morgan fingerprint density at radius 1 is 1.33 bits per heavy atom. The first kappa shape index (κ1) is 19.8. The van der Waals surface area contributed by atoms with Crippen molar-refractivity contribution in [1.29, 1.82) is 0 Å². The Labute approximate surface area is 161 Å². The molecule has 3 rings (SSSR count). The Balaban J connectivity index is 1.59. The lowest BCUT2D eigenvalue weighted by Crippen LogP contribution is -2.30. The summed E-state index contributed by atoms with van der Waals surface area (Å²) in [4.78, 5) is 18.4. The Kier molecular flexibility index (Phi) is 6.50. The zero-order chi connectivity index (χ0) is 19.4. The fraction of sp³-hybridized carbons (Fsp3) is 0.619. The van der Waals surface area contributed by atoms with Gasteiger partial charge in [0, 0.05) is 13.6 Å². The highest BCUT2D eigenvalue weighted by Gasteiger charge is 2.35. The maximum Gasteiger partial charge on any atom is 0.227 e. The molecular formula is C21H31N3O3. The molecule has 1 aromatic rings. The van der Waals surface area contributed by atoms with E-state index in [1.807, 2.05) is 32.2 Å². The van der Waals surface area contributed by atoms with Gasteiger partial charge >= 0.3 is 0 Å². The minimum atomic E-state index is -0.738. The van der Waals surface area contributed by atoms with Crippen LogP contribution < -0.4 is 5.73 Å². The number of primary amides is 1. The van der Waals surface area contributed by atoms with Crippen LogP contribution in [0.25, 0.3) is 0 Å². The molecule has 6 heteroatoms. The van der Waals surface area contributed by atoms with Crippen molar-refractivity contribution in [3.63, 3.8) is 0 Å². The molecule has 0 heterocycles. The monoisotopic (exact) mass is 373 g/mol. The number of benzene rings is 1. The van der Waals surface area contributed by atoms with Crippen molar-refractivity contribution in [1.82, 2.24) is 4.90 Å². The molecule has 0 aliphatic heterocycles. The molecule has 2 aliphatic rings. The molecule has 0 aromatic heterocycles. The van der Waals surface area contributed by atoms with Crippen LogP contribution in [0.3, 0.4) is 0 Å². The van der Waals surface area contributed by atoms with Crippen LogP contribution in [0, 0.1) is 0 Å². The van der Waals surface area contributed by atoms with E-state index < -0.39 is 17.9 Å². The molecule has 1 aromatic carbocycles. The number of nitrogens with zero attached hydrogens (tertiary/aromatic N) is 2. The molecule has 1 fully saturated rings. The van der Waals surface area contributed by atoms with E-state index >= 15 is 0 Å². The molecule has 2 atom stereocenters. The number of amidine groups is 1. The number of carbonyl (C=O) groups excluding carboxylic acids is 1. The van der Waals surface area contributed by atoms with Crippen molar-refractivity contribution in [3.05, 3.63) is 29.3 Å². The Morgan fingerprint density at radius 3 is 2.78 bits per heavy atom. The number of hydrogen-bond acceptors (Lipinski definition) is 4. The largest absolute Gasteiger partial charge is 0.392 e. The average Bonchev–Trinajstić information content (AvgIpc) is 2.97. The summed E-state index contributed by atoms with van der Waals surface area (Å²) in [5.41, 5.74) is 8.00. The second-order valence-corrected chi connectivity index (χ2v) is 7.75. The van der Waals surface area contributed by atoms with Gasteiger partial charge in [-0.15, -0.1) is 0 Å². The van der Waals surface area contributed by atoms with Gasteiger partial charge in [0.05, 0.1) is 30.4 Å².